The van der Waals surface area contributed by atoms with Crippen molar-refractivity contribution in [2.24, 2.45) is 0 Å². The average Bonchev–Trinajstić information content (AvgIpc) is 2.83. The number of nitrogens with two attached hydrogens (primary N) is 1. The Morgan fingerprint density at radius 2 is 2.10 bits per heavy atom. The quantitative estimate of drug-likeness (QED) is 0.744. The van der Waals surface area contributed by atoms with E-state index in [1.54, 1.807) is 36.6 Å². The molecule has 0 saturated carbocycles. The molecular weight excluding hydrogens is 282 g/mol. The normalized spacial score (nSPS) is 12.0. The van der Waals surface area contributed by atoms with Gasteiger partial charge in [0.15, 0.2) is 0 Å². The molecule has 1 aromatic carbocycles. The van der Waals surface area contributed by atoms with Crippen molar-refractivity contribution in [3.8, 4) is 0 Å². The number of nitrogens with one attached hydrogen (secondary N) is 2. The summed E-state index contributed by atoms with van der Waals surface area (Å²) in [6, 6.07) is 9.79. The average molecular weight is 303 g/mol. The summed E-state index contributed by atoms with van der Waals surface area (Å²) in [5.74, 6) is -0.114. The second-order valence-electron chi connectivity index (χ2n) is 5.15. The van der Waals surface area contributed by atoms with E-state index < -0.39 is 0 Å². The standard InChI is InChI=1S/C16H21N3OS/c1-10(8-13-6-4-11(2)21-13)19-15-9-12(17)5-7-14(15)16(20)18-3/h4-7,9-10,19H,8,17H2,1-3H3,(H,18,20). The highest BCUT2D eigenvalue weighted by Crippen LogP contribution is 2.22. The number of thiophene rings is 1. The summed E-state index contributed by atoms with van der Waals surface area (Å²) >= 11 is 1.80. The number of anilines is 2. The topological polar surface area (TPSA) is 67.2 Å². The molecule has 0 bridgehead atoms. The summed E-state index contributed by atoms with van der Waals surface area (Å²) in [5, 5.41) is 6.04. The zero-order valence-corrected chi connectivity index (χ0v) is 13.4. The van der Waals surface area contributed by atoms with Crippen molar-refractivity contribution in [3.63, 3.8) is 0 Å². The molecule has 4 N–H and O–H groups in total. The zero-order valence-electron chi connectivity index (χ0n) is 12.6. The molecule has 112 valence electrons. The van der Waals surface area contributed by atoms with Crippen molar-refractivity contribution in [1.82, 2.24) is 5.32 Å². The number of aryl methyl sites for hydroxylation is 1. The minimum Gasteiger partial charge on any atom is -0.399 e. The molecule has 1 heterocycles. The minimum atomic E-state index is -0.114. The molecule has 1 amide bonds. The predicted molar refractivity (Wildman–Crippen MR) is 90.1 cm³/mol. The van der Waals surface area contributed by atoms with Crippen molar-refractivity contribution in [1.29, 1.82) is 0 Å². The number of hydrogen-bond acceptors (Lipinski definition) is 4. The van der Waals surface area contributed by atoms with E-state index in [4.69, 9.17) is 5.73 Å². The van der Waals surface area contributed by atoms with Crippen LogP contribution in [0.5, 0.6) is 0 Å². The number of carbonyl (C=O) groups excluding carboxylic acids is 1. The molecule has 0 spiro atoms. The van der Waals surface area contributed by atoms with E-state index in [1.165, 1.54) is 9.75 Å². The van der Waals surface area contributed by atoms with E-state index in [0.29, 0.717) is 11.3 Å². The SMILES string of the molecule is CNC(=O)c1ccc(N)cc1NC(C)Cc1ccc(C)s1. The summed E-state index contributed by atoms with van der Waals surface area (Å²) in [6.45, 7) is 4.21. The van der Waals surface area contributed by atoms with Gasteiger partial charge in [-0.1, -0.05) is 0 Å². The highest BCUT2D eigenvalue weighted by atomic mass is 32.1. The van der Waals surface area contributed by atoms with Gasteiger partial charge in [0.1, 0.15) is 0 Å². The van der Waals surface area contributed by atoms with Crippen LogP contribution in [-0.2, 0) is 6.42 Å². The molecule has 0 aliphatic rings. The van der Waals surface area contributed by atoms with Crippen molar-refractivity contribution in [2.75, 3.05) is 18.1 Å². The summed E-state index contributed by atoms with van der Waals surface area (Å²) < 4.78 is 0. The molecule has 1 atom stereocenters. The Labute approximate surface area is 129 Å². The zero-order chi connectivity index (χ0) is 15.4. The van der Waals surface area contributed by atoms with Gasteiger partial charge in [0.05, 0.1) is 5.56 Å². The van der Waals surface area contributed by atoms with E-state index in [2.05, 4.69) is 36.6 Å². The van der Waals surface area contributed by atoms with Crippen LogP contribution in [0.4, 0.5) is 11.4 Å². The first-order chi connectivity index (χ1) is 9.99. The molecule has 1 aromatic heterocycles. The van der Waals surface area contributed by atoms with Crippen LogP contribution in [0.25, 0.3) is 0 Å². The van der Waals surface area contributed by atoms with Crippen LogP contribution < -0.4 is 16.4 Å². The molecule has 1 unspecified atom stereocenters. The van der Waals surface area contributed by atoms with Crippen LogP contribution in [0.15, 0.2) is 30.3 Å². The van der Waals surface area contributed by atoms with Gasteiger partial charge in [-0.2, -0.15) is 0 Å². The van der Waals surface area contributed by atoms with Gasteiger partial charge < -0.3 is 16.4 Å². The maximum Gasteiger partial charge on any atom is 0.253 e. The second-order valence-corrected chi connectivity index (χ2v) is 6.52. The molecule has 5 heteroatoms. The lowest BCUT2D eigenvalue weighted by Gasteiger charge is -2.17. The van der Waals surface area contributed by atoms with E-state index in [1.807, 2.05) is 0 Å². The molecule has 2 rings (SSSR count). The Morgan fingerprint density at radius 1 is 1.33 bits per heavy atom. The van der Waals surface area contributed by atoms with Gasteiger partial charge >= 0.3 is 0 Å². The highest BCUT2D eigenvalue weighted by molar-refractivity contribution is 7.11. The molecule has 4 nitrogen and oxygen atoms in total. The summed E-state index contributed by atoms with van der Waals surface area (Å²) in [7, 11) is 1.63. The third-order valence-corrected chi connectivity index (χ3v) is 4.24. The van der Waals surface area contributed by atoms with Crippen LogP contribution in [-0.4, -0.2) is 19.0 Å². The van der Waals surface area contributed by atoms with Crippen LogP contribution >= 0.6 is 11.3 Å². The molecule has 21 heavy (non-hydrogen) atoms. The summed E-state index contributed by atoms with van der Waals surface area (Å²) in [5.41, 5.74) is 7.86. The second kappa shape index (κ2) is 6.63. The molecule has 0 radical (unpaired) electrons. The molecule has 0 aliphatic heterocycles. The Morgan fingerprint density at radius 3 is 2.71 bits per heavy atom. The van der Waals surface area contributed by atoms with Gasteiger partial charge in [-0.05, 0) is 44.2 Å². The largest absolute Gasteiger partial charge is 0.399 e. The maximum atomic E-state index is 11.9. The molecule has 0 saturated heterocycles. The van der Waals surface area contributed by atoms with Crippen LogP contribution in [0.2, 0.25) is 0 Å². The van der Waals surface area contributed by atoms with E-state index in [0.717, 1.165) is 12.1 Å². The van der Waals surface area contributed by atoms with Crippen LogP contribution in [0.3, 0.4) is 0 Å². The Hall–Kier alpha value is -2.01. The fourth-order valence-corrected chi connectivity index (χ4v) is 3.25. The van der Waals surface area contributed by atoms with Crippen LogP contribution in [0, 0.1) is 6.92 Å². The summed E-state index contributed by atoms with van der Waals surface area (Å²) in [4.78, 5) is 14.5. The number of carbonyl (C=O) groups is 1. The number of rotatable bonds is 5. The lowest BCUT2D eigenvalue weighted by Crippen LogP contribution is -2.23. The molecule has 0 fully saturated rings. The highest BCUT2D eigenvalue weighted by Gasteiger charge is 2.13. The fraction of sp³-hybridized carbons (Fsp3) is 0.312. The Bertz CT molecular complexity index is 636. The number of nitrogen functional groups attached to an aromatic ring is 1. The van der Waals surface area contributed by atoms with Crippen molar-refractivity contribution < 1.29 is 4.79 Å². The van der Waals surface area contributed by atoms with Crippen molar-refractivity contribution in [3.05, 3.63) is 45.6 Å². The number of hydrogen-bond donors (Lipinski definition) is 3. The van der Waals surface area contributed by atoms with E-state index in [9.17, 15) is 4.79 Å². The lowest BCUT2D eigenvalue weighted by atomic mass is 10.1. The van der Waals surface area contributed by atoms with Gasteiger partial charge in [-0.15, -0.1) is 11.3 Å². The summed E-state index contributed by atoms with van der Waals surface area (Å²) in [6.07, 6.45) is 0.917. The molecule has 0 aliphatic carbocycles. The molecular formula is C16H21N3OS. The van der Waals surface area contributed by atoms with Gasteiger partial charge in [-0.25, -0.2) is 0 Å². The monoisotopic (exact) mass is 303 g/mol. The first-order valence-corrected chi connectivity index (χ1v) is 7.74. The van der Waals surface area contributed by atoms with Gasteiger partial charge in [0, 0.05) is 40.6 Å². The van der Waals surface area contributed by atoms with Crippen molar-refractivity contribution in [2.45, 2.75) is 26.3 Å². The van der Waals surface area contributed by atoms with E-state index >= 15 is 0 Å². The Kier molecular flexibility index (Phi) is 4.85. The number of benzene rings is 1. The van der Waals surface area contributed by atoms with Gasteiger partial charge in [0.25, 0.3) is 5.91 Å². The van der Waals surface area contributed by atoms with Crippen molar-refractivity contribution >= 4 is 28.6 Å². The predicted octanol–water partition coefficient (Wildman–Crippen LogP) is 3.04. The Balaban J connectivity index is 2.14. The van der Waals surface area contributed by atoms with E-state index in [-0.39, 0.29) is 11.9 Å². The smallest absolute Gasteiger partial charge is 0.253 e. The molecule has 2 aromatic rings. The van der Waals surface area contributed by atoms with Crippen LogP contribution in [0.1, 0.15) is 27.0 Å². The van der Waals surface area contributed by atoms with Gasteiger partial charge in [-0.3, -0.25) is 4.79 Å². The maximum absolute atomic E-state index is 11.9. The number of amides is 1. The first kappa shape index (κ1) is 15.4. The first-order valence-electron chi connectivity index (χ1n) is 6.93. The lowest BCUT2D eigenvalue weighted by molar-refractivity contribution is 0.0964. The minimum absolute atomic E-state index is 0.114. The fourth-order valence-electron chi connectivity index (χ4n) is 2.23. The third-order valence-electron chi connectivity index (χ3n) is 3.22. The third kappa shape index (κ3) is 3.98. The van der Waals surface area contributed by atoms with Gasteiger partial charge in [0.2, 0.25) is 0 Å².